The first kappa shape index (κ1) is 11.7. The van der Waals surface area contributed by atoms with Crippen LogP contribution in [-0.2, 0) is 6.54 Å². The Labute approximate surface area is 105 Å². The Morgan fingerprint density at radius 1 is 1.24 bits per heavy atom. The highest BCUT2D eigenvalue weighted by atomic mass is 79.9. The molecule has 5 nitrogen and oxygen atoms in total. The Balaban J connectivity index is 2.34. The Morgan fingerprint density at radius 2 is 1.88 bits per heavy atom. The van der Waals surface area contributed by atoms with Gasteiger partial charge in [0.15, 0.2) is 0 Å². The quantitative estimate of drug-likeness (QED) is 0.880. The Kier molecular flexibility index (Phi) is 3.14. The van der Waals surface area contributed by atoms with Gasteiger partial charge in [0, 0.05) is 0 Å². The first-order chi connectivity index (χ1) is 8.08. The van der Waals surface area contributed by atoms with Crippen LogP contribution in [0.5, 0.6) is 11.6 Å². The van der Waals surface area contributed by atoms with E-state index in [9.17, 15) is 9.90 Å². The molecule has 1 aromatic carbocycles. The van der Waals surface area contributed by atoms with Crippen LogP contribution in [0, 0.1) is 0 Å². The summed E-state index contributed by atoms with van der Waals surface area (Å²) < 4.78 is 1.40. The van der Waals surface area contributed by atoms with Crippen LogP contribution in [0.25, 0.3) is 0 Å². The molecule has 2 aromatic rings. The summed E-state index contributed by atoms with van der Waals surface area (Å²) in [6.07, 6.45) is 1.27. The second-order valence-electron chi connectivity index (χ2n) is 3.48. The van der Waals surface area contributed by atoms with Crippen molar-refractivity contribution in [2.75, 3.05) is 0 Å². The molecule has 17 heavy (non-hydrogen) atoms. The van der Waals surface area contributed by atoms with Crippen LogP contribution in [0.4, 0.5) is 0 Å². The van der Waals surface area contributed by atoms with Crippen molar-refractivity contribution in [3.63, 3.8) is 0 Å². The molecule has 0 spiro atoms. The van der Waals surface area contributed by atoms with Crippen molar-refractivity contribution in [1.29, 1.82) is 0 Å². The number of halogens is 1. The molecule has 0 aliphatic carbocycles. The summed E-state index contributed by atoms with van der Waals surface area (Å²) in [7, 11) is 0. The third-order valence-corrected chi connectivity index (χ3v) is 2.95. The number of hydrogen-bond donors (Lipinski definition) is 2. The molecule has 6 heteroatoms. The van der Waals surface area contributed by atoms with Gasteiger partial charge in [0.1, 0.15) is 16.5 Å². The molecule has 0 radical (unpaired) electrons. The van der Waals surface area contributed by atoms with Gasteiger partial charge < -0.3 is 10.2 Å². The molecule has 2 N–H and O–H groups in total. The van der Waals surface area contributed by atoms with Crippen LogP contribution in [0.15, 0.2) is 39.9 Å². The van der Waals surface area contributed by atoms with E-state index in [1.165, 1.54) is 10.9 Å². The maximum absolute atomic E-state index is 11.7. The standard InChI is InChI=1S/C11H9BrN2O3/c12-9-10(16)13-6-14(11(9)17)5-7-1-3-8(15)4-2-7/h1-4,6,15-16H,5H2. The lowest BCUT2D eigenvalue weighted by Crippen LogP contribution is -2.21. The molecule has 0 amide bonds. The minimum atomic E-state index is -0.356. The summed E-state index contributed by atoms with van der Waals surface area (Å²) >= 11 is 2.97. The molecule has 0 unspecified atom stereocenters. The van der Waals surface area contributed by atoms with Crippen LogP contribution in [0.3, 0.4) is 0 Å². The zero-order chi connectivity index (χ0) is 12.4. The number of benzene rings is 1. The van der Waals surface area contributed by atoms with E-state index >= 15 is 0 Å². The molecular formula is C11H9BrN2O3. The Morgan fingerprint density at radius 3 is 2.53 bits per heavy atom. The average Bonchev–Trinajstić information content (AvgIpc) is 2.33. The van der Waals surface area contributed by atoms with Crippen molar-refractivity contribution >= 4 is 15.9 Å². The molecule has 0 aliphatic rings. The molecule has 0 atom stereocenters. The lowest BCUT2D eigenvalue weighted by atomic mass is 10.2. The largest absolute Gasteiger partial charge is 0.508 e. The van der Waals surface area contributed by atoms with E-state index in [2.05, 4.69) is 20.9 Å². The maximum Gasteiger partial charge on any atom is 0.271 e. The first-order valence-corrected chi connectivity index (χ1v) is 5.59. The van der Waals surface area contributed by atoms with E-state index in [-0.39, 0.29) is 21.7 Å². The summed E-state index contributed by atoms with van der Waals surface area (Å²) in [6, 6.07) is 6.51. The van der Waals surface area contributed by atoms with Gasteiger partial charge in [0.25, 0.3) is 5.56 Å². The maximum atomic E-state index is 11.7. The fourth-order valence-electron chi connectivity index (χ4n) is 1.37. The molecule has 0 saturated carbocycles. The summed E-state index contributed by atoms with van der Waals surface area (Å²) in [5, 5.41) is 18.4. The molecule has 0 fully saturated rings. The number of rotatable bonds is 2. The van der Waals surface area contributed by atoms with Crippen LogP contribution >= 0.6 is 15.9 Å². The predicted octanol–water partition coefficient (Wildman–Crippen LogP) is 1.47. The number of aromatic hydroxyl groups is 2. The third kappa shape index (κ3) is 2.47. The van der Waals surface area contributed by atoms with E-state index in [1.807, 2.05) is 0 Å². The number of hydrogen-bond acceptors (Lipinski definition) is 4. The van der Waals surface area contributed by atoms with Gasteiger partial charge in [0.05, 0.1) is 6.54 Å². The highest BCUT2D eigenvalue weighted by Gasteiger charge is 2.07. The zero-order valence-corrected chi connectivity index (χ0v) is 10.3. The van der Waals surface area contributed by atoms with E-state index in [0.717, 1.165) is 5.56 Å². The monoisotopic (exact) mass is 296 g/mol. The molecule has 1 heterocycles. The van der Waals surface area contributed by atoms with Gasteiger partial charge >= 0.3 is 0 Å². The van der Waals surface area contributed by atoms with Crippen molar-refractivity contribution in [3.8, 4) is 11.6 Å². The van der Waals surface area contributed by atoms with Crippen molar-refractivity contribution in [3.05, 3.63) is 51.0 Å². The van der Waals surface area contributed by atoms with Gasteiger partial charge in [-0.25, -0.2) is 4.98 Å². The third-order valence-electron chi connectivity index (χ3n) is 2.25. The van der Waals surface area contributed by atoms with Crippen molar-refractivity contribution in [2.45, 2.75) is 6.54 Å². The highest BCUT2D eigenvalue weighted by molar-refractivity contribution is 9.10. The average molecular weight is 297 g/mol. The molecule has 88 valence electrons. The van der Waals surface area contributed by atoms with Gasteiger partial charge in [-0.05, 0) is 33.6 Å². The van der Waals surface area contributed by atoms with E-state index in [0.29, 0.717) is 6.54 Å². The van der Waals surface area contributed by atoms with E-state index < -0.39 is 0 Å². The Hall–Kier alpha value is -1.82. The summed E-state index contributed by atoms with van der Waals surface area (Å²) in [4.78, 5) is 15.4. The van der Waals surface area contributed by atoms with Crippen molar-refractivity contribution < 1.29 is 10.2 Å². The topological polar surface area (TPSA) is 75.3 Å². The first-order valence-electron chi connectivity index (χ1n) is 4.80. The fraction of sp³-hybridized carbons (Fsp3) is 0.0909. The second kappa shape index (κ2) is 4.58. The fourth-order valence-corrected chi connectivity index (χ4v) is 1.70. The highest BCUT2D eigenvalue weighted by Crippen LogP contribution is 2.15. The van der Waals surface area contributed by atoms with Crippen LogP contribution < -0.4 is 5.56 Å². The number of nitrogens with zero attached hydrogens (tertiary/aromatic N) is 2. The van der Waals surface area contributed by atoms with Gasteiger partial charge in [-0.15, -0.1) is 0 Å². The minimum Gasteiger partial charge on any atom is -0.508 e. The second-order valence-corrected chi connectivity index (χ2v) is 4.27. The number of phenols is 1. The lowest BCUT2D eigenvalue weighted by Gasteiger charge is -2.06. The SMILES string of the molecule is O=c1c(Br)c(O)ncn1Cc1ccc(O)cc1. The summed E-state index contributed by atoms with van der Waals surface area (Å²) in [5.41, 5.74) is 0.495. The zero-order valence-electron chi connectivity index (χ0n) is 8.67. The van der Waals surface area contributed by atoms with Gasteiger partial charge in [-0.1, -0.05) is 12.1 Å². The van der Waals surface area contributed by atoms with Gasteiger partial charge in [-0.3, -0.25) is 9.36 Å². The molecule has 2 rings (SSSR count). The molecule has 1 aromatic heterocycles. The van der Waals surface area contributed by atoms with Crippen molar-refractivity contribution in [2.24, 2.45) is 0 Å². The summed E-state index contributed by atoms with van der Waals surface area (Å²) in [6.45, 7) is 0.324. The summed E-state index contributed by atoms with van der Waals surface area (Å²) in [5.74, 6) is -0.150. The Bertz CT molecular complexity index is 593. The van der Waals surface area contributed by atoms with Crippen LogP contribution in [0.2, 0.25) is 0 Å². The van der Waals surface area contributed by atoms with Gasteiger partial charge in [-0.2, -0.15) is 0 Å². The lowest BCUT2D eigenvalue weighted by molar-refractivity contribution is 0.442. The van der Waals surface area contributed by atoms with Crippen molar-refractivity contribution in [1.82, 2.24) is 9.55 Å². The normalized spacial score (nSPS) is 10.4. The predicted molar refractivity (Wildman–Crippen MR) is 65.1 cm³/mol. The number of aromatic nitrogens is 2. The van der Waals surface area contributed by atoms with Crippen LogP contribution in [0.1, 0.15) is 5.56 Å². The molecule has 0 saturated heterocycles. The van der Waals surface area contributed by atoms with Gasteiger partial charge in [0.2, 0.25) is 5.88 Å². The molecule has 0 bridgehead atoms. The minimum absolute atomic E-state index is 0.0405. The molecule has 0 aliphatic heterocycles. The number of phenolic OH excluding ortho intramolecular Hbond substituents is 1. The van der Waals surface area contributed by atoms with E-state index in [4.69, 9.17) is 5.11 Å². The van der Waals surface area contributed by atoms with Crippen LogP contribution in [-0.4, -0.2) is 19.8 Å². The van der Waals surface area contributed by atoms with E-state index in [1.54, 1.807) is 24.3 Å². The molecular weight excluding hydrogens is 288 g/mol. The smallest absolute Gasteiger partial charge is 0.271 e.